The van der Waals surface area contributed by atoms with Crippen molar-refractivity contribution in [2.45, 2.75) is 58.0 Å². The summed E-state index contributed by atoms with van der Waals surface area (Å²) in [6.45, 7) is 5.64. The Balaban J connectivity index is 1.98. The van der Waals surface area contributed by atoms with Crippen LogP contribution in [-0.2, 0) is 9.47 Å². The average Bonchev–Trinajstić information content (AvgIpc) is 2.93. The number of allylic oxidation sites excluding steroid dienone is 1. The Morgan fingerprint density at radius 2 is 1.72 bits per heavy atom. The fourth-order valence-corrected chi connectivity index (χ4v) is 4.00. The van der Waals surface area contributed by atoms with Crippen LogP contribution in [-0.4, -0.2) is 42.1 Å². The quantitative estimate of drug-likeness (QED) is 0.628. The van der Waals surface area contributed by atoms with Crippen molar-refractivity contribution in [2.75, 3.05) is 13.7 Å². The van der Waals surface area contributed by atoms with Crippen LogP contribution < -0.4 is 0 Å². The Bertz CT molecular complexity index is 826. The van der Waals surface area contributed by atoms with Gasteiger partial charge in [0.15, 0.2) is 0 Å². The normalized spacial score (nSPS) is 23.7. The Morgan fingerprint density at radius 1 is 1.07 bits per heavy atom. The molecule has 1 amide bonds. The summed E-state index contributed by atoms with van der Waals surface area (Å²) in [5.74, 6) is -3.16. The van der Waals surface area contributed by atoms with E-state index >= 15 is 0 Å². The van der Waals surface area contributed by atoms with E-state index in [2.05, 4.69) is 0 Å². The van der Waals surface area contributed by atoms with Gasteiger partial charge in [0, 0.05) is 19.4 Å². The van der Waals surface area contributed by atoms with Gasteiger partial charge in [0.2, 0.25) is 5.92 Å². The summed E-state index contributed by atoms with van der Waals surface area (Å²) in [6, 6.07) is 6.59. The first-order valence-corrected chi connectivity index (χ1v) is 9.74. The number of halogens is 2. The maximum Gasteiger partial charge on any atom is 0.414 e. The number of carbonyl (C=O) groups is 2. The summed E-state index contributed by atoms with van der Waals surface area (Å²) in [5, 5.41) is 0. The third-order valence-corrected chi connectivity index (χ3v) is 5.38. The summed E-state index contributed by atoms with van der Waals surface area (Å²) in [7, 11) is 1.30. The number of benzene rings is 1. The Hall–Kier alpha value is -2.44. The lowest BCUT2D eigenvalue weighted by atomic mass is 9.78. The van der Waals surface area contributed by atoms with Gasteiger partial charge in [-0.1, -0.05) is 18.2 Å². The molecule has 1 aliphatic carbocycles. The highest BCUT2D eigenvalue weighted by Crippen LogP contribution is 2.53. The molecule has 1 spiro atoms. The van der Waals surface area contributed by atoms with E-state index in [-0.39, 0.29) is 12.8 Å². The molecule has 1 aromatic rings. The molecule has 0 bridgehead atoms. The highest BCUT2D eigenvalue weighted by molar-refractivity contribution is 5.90. The molecule has 0 saturated heterocycles. The molecule has 0 N–H and O–H groups in total. The molecule has 0 unspecified atom stereocenters. The summed E-state index contributed by atoms with van der Waals surface area (Å²) < 4.78 is 38.2. The summed E-state index contributed by atoms with van der Waals surface area (Å²) in [6.07, 6.45) is 1.77. The van der Waals surface area contributed by atoms with E-state index in [0.717, 1.165) is 0 Å². The van der Waals surface area contributed by atoms with Gasteiger partial charge >= 0.3 is 12.1 Å². The average molecular weight is 407 g/mol. The molecule has 1 saturated carbocycles. The fourth-order valence-electron chi connectivity index (χ4n) is 4.00. The number of rotatable bonds is 2. The van der Waals surface area contributed by atoms with Crippen molar-refractivity contribution in [3.8, 4) is 0 Å². The van der Waals surface area contributed by atoms with Gasteiger partial charge in [0.05, 0.1) is 18.4 Å². The lowest BCUT2D eigenvalue weighted by molar-refractivity contribution is -0.00193. The third kappa shape index (κ3) is 4.77. The van der Waals surface area contributed by atoms with Crippen LogP contribution in [0.3, 0.4) is 0 Å². The lowest BCUT2D eigenvalue weighted by Gasteiger charge is -2.38. The van der Waals surface area contributed by atoms with Gasteiger partial charge in [-0.3, -0.25) is 4.90 Å². The first kappa shape index (κ1) is 21.3. The van der Waals surface area contributed by atoms with Crippen LogP contribution in [0.5, 0.6) is 0 Å². The van der Waals surface area contributed by atoms with Crippen LogP contribution in [0.25, 0.3) is 5.70 Å². The molecule has 7 heteroatoms. The van der Waals surface area contributed by atoms with Crippen LogP contribution in [0.1, 0.15) is 62.4 Å². The van der Waals surface area contributed by atoms with Crippen LogP contribution in [0.4, 0.5) is 13.6 Å². The van der Waals surface area contributed by atoms with Crippen molar-refractivity contribution in [1.82, 2.24) is 4.90 Å². The van der Waals surface area contributed by atoms with Crippen molar-refractivity contribution in [1.29, 1.82) is 0 Å². The zero-order valence-electron chi connectivity index (χ0n) is 17.3. The number of carbonyl (C=O) groups excluding carboxylic acids is 2. The largest absolute Gasteiger partial charge is 0.465 e. The molecule has 0 aromatic heterocycles. The van der Waals surface area contributed by atoms with Crippen LogP contribution in [0.2, 0.25) is 0 Å². The van der Waals surface area contributed by atoms with Gasteiger partial charge in [-0.2, -0.15) is 0 Å². The molecule has 5 nitrogen and oxygen atoms in total. The number of esters is 1. The first-order chi connectivity index (χ1) is 13.4. The molecule has 1 heterocycles. The van der Waals surface area contributed by atoms with Crippen molar-refractivity contribution < 1.29 is 27.8 Å². The van der Waals surface area contributed by atoms with Crippen molar-refractivity contribution in [3.63, 3.8) is 0 Å². The van der Waals surface area contributed by atoms with E-state index in [1.165, 1.54) is 12.0 Å². The molecule has 1 aliphatic heterocycles. The topological polar surface area (TPSA) is 55.8 Å². The van der Waals surface area contributed by atoms with Crippen LogP contribution in [0.15, 0.2) is 30.3 Å². The Kier molecular flexibility index (Phi) is 5.45. The van der Waals surface area contributed by atoms with Crippen molar-refractivity contribution in [3.05, 3.63) is 41.5 Å². The standard InChI is InChI=1S/C22H27F2NO4/c1-20(2,3)29-19(27)25-12-11-21(9-10-22(23,24)14-21)13-17(25)15-5-7-16(8-6-15)18(26)28-4/h5-8,13H,9-12,14H2,1-4H3/t21-/m1/s1. The van der Waals surface area contributed by atoms with Gasteiger partial charge in [-0.05, 0) is 56.7 Å². The van der Waals surface area contributed by atoms with E-state index in [9.17, 15) is 18.4 Å². The number of methoxy groups -OCH3 is 1. The molecule has 1 atom stereocenters. The zero-order valence-corrected chi connectivity index (χ0v) is 17.3. The highest BCUT2D eigenvalue weighted by atomic mass is 19.3. The number of hydrogen-bond donors (Lipinski definition) is 0. The van der Waals surface area contributed by atoms with E-state index in [4.69, 9.17) is 9.47 Å². The molecular formula is C22H27F2NO4. The van der Waals surface area contributed by atoms with E-state index < -0.39 is 29.0 Å². The monoisotopic (exact) mass is 407 g/mol. The molecule has 3 rings (SSSR count). The number of hydrogen-bond acceptors (Lipinski definition) is 4. The van der Waals surface area contributed by atoms with Gasteiger partial charge in [-0.15, -0.1) is 0 Å². The second kappa shape index (κ2) is 7.43. The van der Waals surface area contributed by atoms with Crippen molar-refractivity contribution in [2.24, 2.45) is 5.41 Å². The fraction of sp³-hybridized carbons (Fsp3) is 0.545. The number of nitrogens with zero attached hydrogens (tertiary/aromatic N) is 1. The summed E-state index contributed by atoms with van der Waals surface area (Å²) in [4.78, 5) is 26.0. The van der Waals surface area contributed by atoms with E-state index in [0.29, 0.717) is 36.2 Å². The Labute approximate surface area is 169 Å². The first-order valence-electron chi connectivity index (χ1n) is 9.74. The van der Waals surface area contributed by atoms with Crippen molar-refractivity contribution >= 4 is 17.8 Å². The molecule has 29 heavy (non-hydrogen) atoms. The lowest BCUT2D eigenvalue weighted by Crippen LogP contribution is -2.41. The highest BCUT2D eigenvalue weighted by Gasteiger charge is 2.50. The molecule has 2 aliphatic rings. The summed E-state index contributed by atoms with van der Waals surface area (Å²) >= 11 is 0. The molecule has 158 valence electrons. The Morgan fingerprint density at radius 3 is 2.24 bits per heavy atom. The number of alkyl halides is 2. The molecular weight excluding hydrogens is 380 g/mol. The maximum absolute atomic E-state index is 14.0. The van der Waals surface area contributed by atoms with E-state index in [1.807, 2.05) is 0 Å². The molecule has 1 fully saturated rings. The van der Waals surface area contributed by atoms with Gasteiger partial charge < -0.3 is 9.47 Å². The third-order valence-electron chi connectivity index (χ3n) is 5.38. The minimum Gasteiger partial charge on any atom is -0.465 e. The minimum absolute atomic E-state index is 0.148. The maximum atomic E-state index is 14.0. The van der Waals surface area contributed by atoms with Crippen LogP contribution >= 0.6 is 0 Å². The van der Waals surface area contributed by atoms with Gasteiger partial charge in [0.25, 0.3) is 0 Å². The minimum atomic E-state index is -2.69. The predicted octanol–water partition coefficient (Wildman–Crippen LogP) is 5.26. The predicted molar refractivity (Wildman–Crippen MR) is 105 cm³/mol. The zero-order chi connectivity index (χ0) is 21.4. The smallest absolute Gasteiger partial charge is 0.414 e. The van der Waals surface area contributed by atoms with E-state index in [1.54, 1.807) is 51.1 Å². The second-order valence-electron chi connectivity index (χ2n) is 8.88. The summed E-state index contributed by atoms with van der Waals surface area (Å²) in [5.41, 5.74) is 0.265. The van der Waals surface area contributed by atoms with Gasteiger partial charge in [0.1, 0.15) is 5.60 Å². The number of ether oxygens (including phenoxy) is 2. The second-order valence-corrected chi connectivity index (χ2v) is 8.88. The SMILES string of the molecule is COC(=O)c1ccc(C2=C[C@]3(CCN2C(=O)OC(C)(C)C)CCC(F)(F)C3)cc1. The van der Waals surface area contributed by atoms with Gasteiger partial charge in [-0.25, -0.2) is 18.4 Å². The molecule has 1 aromatic carbocycles. The molecule has 0 radical (unpaired) electrons. The van der Waals surface area contributed by atoms with Crippen LogP contribution in [0, 0.1) is 5.41 Å². The number of amides is 1.